The van der Waals surface area contributed by atoms with Crippen molar-refractivity contribution in [3.63, 3.8) is 0 Å². The number of nitrogens with one attached hydrogen (secondary N) is 2. The van der Waals surface area contributed by atoms with Crippen molar-refractivity contribution >= 4 is 70.8 Å². The maximum atomic E-state index is 13.5. The lowest BCUT2D eigenvalue weighted by Crippen LogP contribution is -2.10. The average molecular weight is 493 g/mol. The van der Waals surface area contributed by atoms with Crippen LogP contribution in [-0.4, -0.2) is 45.6 Å². The van der Waals surface area contributed by atoms with Crippen molar-refractivity contribution in [1.29, 1.82) is 0 Å². The lowest BCUT2D eigenvalue weighted by molar-refractivity contribution is 0.0909. The van der Waals surface area contributed by atoms with Gasteiger partial charge in [-0.1, -0.05) is 13.3 Å². The van der Waals surface area contributed by atoms with Crippen LogP contribution in [0, 0.1) is 0 Å². The average Bonchev–Trinajstić information content (AvgIpc) is 3.64. The standard InChI is InChI=1S/C26H20N8OS/c1-2-3-4-22(35)34-15-7-14(9-27-10-15)18-8-16-19(13-29-18)32-33-25(16)26-30-20-12-28-11-17(24(20)31-26)21-5-6-23(34)36-21/h5-13,32-33H,2-4H2,1H3. The van der Waals surface area contributed by atoms with Crippen molar-refractivity contribution in [2.45, 2.75) is 26.2 Å². The zero-order chi connectivity index (χ0) is 24.2. The first-order chi connectivity index (χ1) is 17.7. The number of imidazole rings is 1. The minimum atomic E-state index is 0.0335. The Balaban J connectivity index is 1.69. The number of carbonyl (C=O) groups excluding carboxylic acids is 1. The summed E-state index contributed by atoms with van der Waals surface area (Å²) >= 11 is 1.53. The first-order valence-corrected chi connectivity index (χ1v) is 12.6. The minimum absolute atomic E-state index is 0.0335. The Hall–Kier alpha value is -4.44. The summed E-state index contributed by atoms with van der Waals surface area (Å²) in [6.07, 6.45) is 11.0. The van der Waals surface area contributed by atoms with Crippen LogP contribution in [0.15, 0.2) is 55.2 Å². The molecular formula is C26H20N8OS. The highest BCUT2D eigenvalue weighted by atomic mass is 32.1. The predicted octanol–water partition coefficient (Wildman–Crippen LogP) is 6.01. The van der Waals surface area contributed by atoms with Gasteiger partial charge in [-0.25, -0.2) is 9.97 Å². The van der Waals surface area contributed by atoms with Gasteiger partial charge in [0.1, 0.15) is 21.6 Å². The van der Waals surface area contributed by atoms with Crippen LogP contribution in [0.5, 0.6) is 0 Å². The molecule has 2 aliphatic rings. The molecule has 0 unspecified atom stereocenters. The highest BCUT2D eigenvalue weighted by Crippen LogP contribution is 2.32. The van der Waals surface area contributed by atoms with Crippen molar-refractivity contribution in [2.75, 3.05) is 0 Å². The number of aromatic nitrogens is 8. The molecule has 0 fully saturated rings. The zero-order valence-electron chi connectivity index (χ0n) is 19.3. The third kappa shape index (κ3) is 3.22. The number of thiophene rings is 1. The zero-order valence-corrected chi connectivity index (χ0v) is 20.1. The number of fused-ring (bicyclic) bond motifs is 9. The first-order valence-electron chi connectivity index (χ1n) is 11.8. The molecule has 2 N–H and O–H groups in total. The molecule has 0 aliphatic carbocycles. The number of rotatable bonds is 3. The molecule has 0 aromatic carbocycles. The second-order valence-corrected chi connectivity index (χ2v) is 9.81. The van der Waals surface area contributed by atoms with E-state index in [1.165, 1.54) is 11.3 Å². The summed E-state index contributed by atoms with van der Waals surface area (Å²) in [6.45, 7) is 2.09. The molecule has 0 spiro atoms. The Kier molecular flexibility index (Phi) is 4.68. The molecule has 10 heteroatoms. The van der Waals surface area contributed by atoms with E-state index in [1.54, 1.807) is 35.6 Å². The van der Waals surface area contributed by atoms with Crippen molar-refractivity contribution in [2.24, 2.45) is 0 Å². The lowest BCUT2D eigenvalue weighted by atomic mass is 10.1. The van der Waals surface area contributed by atoms with E-state index in [4.69, 9.17) is 9.97 Å². The number of hydrogen-bond donors (Lipinski definition) is 2. The summed E-state index contributed by atoms with van der Waals surface area (Å²) in [5.41, 5.74) is 6.05. The van der Waals surface area contributed by atoms with E-state index in [9.17, 15) is 4.79 Å². The second kappa shape index (κ2) is 8.06. The van der Waals surface area contributed by atoms with E-state index in [0.29, 0.717) is 23.1 Å². The molecule has 9 nitrogen and oxygen atoms in total. The molecule has 5 aromatic rings. The molecule has 7 heterocycles. The topological polar surface area (TPSA) is 118 Å². The van der Waals surface area contributed by atoms with Crippen LogP contribution in [0.4, 0.5) is 0 Å². The normalized spacial score (nSPS) is 11.9. The van der Waals surface area contributed by atoms with Crippen molar-refractivity contribution in [3.05, 3.63) is 55.2 Å². The van der Waals surface area contributed by atoms with Gasteiger partial charge in [-0.3, -0.25) is 34.5 Å². The van der Waals surface area contributed by atoms with Gasteiger partial charge < -0.3 is 0 Å². The highest BCUT2D eigenvalue weighted by Gasteiger charge is 2.16. The van der Waals surface area contributed by atoms with Crippen LogP contribution in [0.25, 0.3) is 64.8 Å². The van der Waals surface area contributed by atoms with Crippen LogP contribution in [0.1, 0.15) is 31.0 Å². The lowest BCUT2D eigenvalue weighted by Gasteiger charge is -2.07. The third-order valence-corrected chi connectivity index (χ3v) is 7.51. The molecule has 36 heavy (non-hydrogen) atoms. The second-order valence-electron chi connectivity index (χ2n) is 8.74. The number of hydrogen-bond acceptors (Lipinski definition) is 7. The van der Waals surface area contributed by atoms with Gasteiger partial charge >= 0.3 is 0 Å². The maximum absolute atomic E-state index is 13.5. The number of unbranched alkanes of at least 4 members (excludes halogenated alkanes) is 1. The number of pyridine rings is 3. The van der Waals surface area contributed by atoms with E-state index in [1.807, 2.05) is 24.3 Å². The Bertz CT molecular complexity index is 1980. The van der Waals surface area contributed by atoms with Gasteiger partial charge in [-0.2, -0.15) is 0 Å². The Morgan fingerprint density at radius 3 is 2.83 bits per heavy atom. The minimum Gasteiger partial charge on any atom is -0.298 e. The van der Waals surface area contributed by atoms with Gasteiger partial charge in [0.2, 0.25) is 5.91 Å². The fraction of sp³-hybridized carbons (Fsp3) is 0.154. The van der Waals surface area contributed by atoms with Gasteiger partial charge in [0, 0.05) is 39.9 Å². The van der Waals surface area contributed by atoms with Crippen molar-refractivity contribution in [3.8, 4) is 11.3 Å². The quantitative estimate of drug-likeness (QED) is 0.312. The van der Waals surface area contributed by atoms with E-state index in [0.717, 1.165) is 61.0 Å². The first kappa shape index (κ1) is 20.9. The van der Waals surface area contributed by atoms with Crippen molar-refractivity contribution < 1.29 is 4.79 Å². The third-order valence-electron chi connectivity index (χ3n) is 6.41. The van der Waals surface area contributed by atoms with Gasteiger partial charge in [0.25, 0.3) is 0 Å². The summed E-state index contributed by atoms with van der Waals surface area (Å²) in [7, 11) is 0. The summed E-state index contributed by atoms with van der Waals surface area (Å²) < 4.78 is 2.73. The van der Waals surface area contributed by atoms with Crippen LogP contribution in [-0.2, 0) is 0 Å². The Morgan fingerprint density at radius 1 is 1.00 bits per heavy atom. The maximum Gasteiger partial charge on any atom is 0.232 e. The van der Waals surface area contributed by atoms with Gasteiger partial charge in [-0.05, 0) is 30.7 Å². The van der Waals surface area contributed by atoms with Crippen LogP contribution in [0.2, 0.25) is 0 Å². The van der Waals surface area contributed by atoms with Gasteiger partial charge in [0.15, 0.2) is 5.65 Å². The molecule has 0 saturated carbocycles. The molecular weight excluding hydrogens is 472 g/mol. The van der Waals surface area contributed by atoms with Crippen LogP contribution in [0.3, 0.4) is 0 Å². The van der Waals surface area contributed by atoms with E-state index in [-0.39, 0.29) is 5.91 Å². The summed E-state index contributed by atoms with van der Waals surface area (Å²) in [4.78, 5) is 37.5. The predicted molar refractivity (Wildman–Crippen MR) is 142 cm³/mol. The van der Waals surface area contributed by atoms with Gasteiger partial charge in [-0.15, -0.1) is 11.3 Å². The number of carbonyl (C=O) groups is 1. The summed E-state index contributed by atoms with van der Waals surface area (Å²) in [5, 5.41) is 8.08. The molecule has 0 atom stereocenters. The molecule has 0 amide bonds. The summed E-state index contributed by atoms with van der Waals surface area (Å²) in [5.74, 6) is 0.0335. The molecule has 0 radical (unpaired) electrons. The monoisotopic (exact) mass is 492 g/mol. The SMILES string of the molecule is CCCCC(=O)n1c2cncc(c2)c2cc3c(cn2)[nH][nH]c-3c2nc3cncc(c4ccc1s4)c3n2. The molecule has 8 bridgehead atoms. The van der Waals surface area contributed by atoms with E-state index < -0.39 is 0 Å². The van der Waals surface area contributed by atoms with Crippen molar-refractivity contribution in [1.82, 2.24) is 39.7 Å². The van der Waals surface area contributed by atoms with Crippen LogP contribution >= 0.6 is 11.3 Å². The number of aromatic amines is 2. The summed E-state index contributed by atoms with van der Waals surface area (Å²) in [6, 6.07) is 7.95. The molecule has 7 rings (SSSR count). The molecule has 5 aromatic heterocycles. The number of nitrogens with zero attached hydrogens (tertiary/aromatic N) is 6. The number of H-pyrrole nitrogens is 2. The smallest absolute Gasteiger partial charge is 0.232 e. The molecule has 176 valence electrons. The molecule has 2 aliphatic heterocycles. The van der Waals surface area contributed by atoms with E-state index >= 15 is 0 Å². The Labute approximate surface area is 207 Å². The fourth-order valence-corrected chi connectivity index (χ4v) is 5.64. The fourth-order valence-electron chi connectivity index (χ4n) is 4.59. The highest BCUT2D eigenvalue weighted by molar-refractivity contribution is 7.24. The van der Waals surface area contributed by atoms with E-state index in [2.05, 4.69) is 32.1 Å². The van der Waals surface area contributed by atoms with Gasteiger partial charge in [0.05, 0.1) is 35.1 Å². The van der Waals surface area contributed by atoms with Crippen LogP contribution < -0.4 is 0 Å². The Morgan fingerprint density at radius 2 is 1.92 bits per heavy atom. The molecule has 0 saturated heterocycles. The largest absolute Gasteiger partial charge is 0.298 e.